The predicted octanol–water partition coefficient (Wildman–Crippen LogP) is 3.87. The number of phenolic OH excluding ortho intramolecular Hbond substituents is 1. The second-order valence-electron chi connectivity index (χ2n) is 5.06. The molecule has 24 heavy (non-hydrogen) atoms. The molecule has 2 aromatic carbocycles. The fourth-order valence-corrected chi connectivity index (χ4v) is 2.44. The van der Waals surface area contributed by atoms with Gasteiger partial charge in [-0.25, -0.2) is 0 Å². The van der Waals surface area contributed by atoms with Crippen LogP contribution in [0.2, 0.25) is 5.02 Å². The molecule has 1 heterocycles. The number of benzene rings is 2. The summed E-state index contributed by atoms with van der Waals surface area (Å²) in [4.78, 5) is 14.4. The minimum atomic E-state index is -0.702. The highest BCUT2D eigenvalue weighted by molar-refractivity contribution is 6.31. The van der Waals surface area contributed by atoms with E-state index in [0.717, 1.165) is 12.5 Å². The molecule has 7 nitrogen and oxygen atoms in total. The monoisotopic (exact) mass is 348 g/mol. The number of fused-ring (bicyclic) bond motifs is 1. The molecule has 0 bridgehead atoms. The number of hydrogen-bond donors (Lipinski definition) is 1. The Balaban J connectivity index is 1.91. The first kappa shape index (κ1) is 16.1. The molecule has 0 unspecified atom stereocenters. The summed E-state index contributed by atoms with van der Waals surface area (Å²) in [6, 6.07) is 7.65. The molecular weight excluding hydrogens is 336 g/mol. The maximum Gasteiger partial charge on any atom is 0.312 e. The summed E-state index contributed by atoms with van der Waals surface area (Å²) in [6.07, 6.45) is 2.11. The molecule has 2 aromatic rings. The zero-order valence-corrected chi connectivity index (χ0v) is 13.2. The Hall–Kier alpha value is -2.80. The van der Waals surface area contributed by atoms with Crippen molar-refractivity contribution in [3.8, 4) is 17.2 Å². The minimum Gasteiger partial charge on any atom is -0.502 e. The third-order valence-corrected chi connectivity index (χ3v) is 3.58. The first-order valence-corrected chi connectivity index (χ1v) is 7.53. The van der Waals surface area contributed by atoms with Crippen LogP contribution in [0, 0.1) is 10.1 Å². The lowest BCUT2D eigenvalue weighted by Crippen LogP contribution is -1.97. The molecule has 0 saturated heterocycles. The molecule has 124 valence electrons. The average Bonchev–Trinajstić information content (AvgIpc) is 2.79. The molecular formula is C16H13ClN2O5. The summed E-state index contributed by atoms with van der Waals surface area (Å²) in [5, 5.41) is 21.0. The van der Waals surface area contributed by atoms with E-state index in [1.807, 2.05) is 0 Å². The minimum absolute atomic E-state index is 0.139. The third-order valence-electron chi connectivity index (χ3n) is 3.36. The molecule has 0 aliphatic carbocycles. The molecule has 3 rings (SSSR count). The van der Waals surface area contributed by atoms with E-state index >= 15 is 0 Å². The third kappa shape index (κ3) is 3.41. The Labute approximate surface area is 142 Å². The van der Waals surface area contributed by atoms with Crippen molar-refractivity contribution in [2.75, 3.05) is 13.2 Å². The van der Waals surface area contributed by atoms with Crippen LogP contribution in [0.25, 0.3) is 0 Å². The number of halogens is 1. The summed E-state index contributed by atoms with van der Waals surface area (Å²) >= 11 is 5.85. The van der Waals surface area contributed by atoms with Crippen molar-refractivity contribution < 1.29 is 19.5 Å². The molecule has 1 aliphatic heterocycles. The van der Waals surface area contributed by atoms with Crippen LogP contribution in [-0.4, -0.2) is 29.5 Å². The van der Waals surface area contributed by atoms with Gasteiger partial charge in [-0.2, -0.15) is 0 Å². The molecule has 0 fully saturated rings. The van der Waals surface area contributed by atoms with E-state index in [0.29, 0.717) is 30.4 Å². The zero-order chi connectivity index (χ0) is 17.1. The Bertz CT molecular complexity index is 822. The van der Waals surface area contributed by atoms with Crippen LogP contribution in [0.15, 0.2) is 35.3 Å². The molecule has 0 radical (unpaired) electrons. The maximum absolute atomic E-state index is 10.9. The van der Waals surface area contributed by atoms with E-state index in [4.69, 9.17) is 21.1 Å². The fraction of sp³-hybridized carbons (Fsp3) is 0.188. The summed E-state index contributed by atoms with van der Waals surface area (Å²) in [7, 11) is 0. The normalized spacial score (nSPS) is 13.7. The second kappa shape index (κ2) is 6.76. The van der Waals surface area contributed by atoms with Crippen molar-refractivity contribution >= 4 is 29.2 Å². The smallest absolute Gasteiger partial charge is 0.312 e. The van der Waals surface area contributed by atoms with Crippen molar-refractivity contribution in [1.82, 2.24) is 0 Å². The standard InChI is InChI=1S/C16H13ClN2O5/c17-11-6-10(16(20)13(7-11)19(21)22)9-18-12-2-3-14-15(8-12)24-5-1-4-23-14/h2-3,6-9,20H,1,4-5H2. The lowest BCUT2D eigenvalue weighted by atomic mass is 10.2. The summed E-state index contributed by atoms with van der Waals surface area (Å²) in [5.41, 5.74) is 0.241. The van der Waals surface area contributed by atoms with Crippen LogP contribution < -0.4 is 9.47 Å². The van der Waals surface area contributed by atoms with Gasteiger partial charge in [0.05, 0.1) is 23.8 Å². The number of aromatic hydroxyl groups is 1. The summed E-state index contributed by atoms with van der Waals surface area (Å²) in [6.45, 7) is 1.15. The van der Waals surface area contributed by atoms with Gasteiger partial charge in [0.15, 0.2) is 11.5 Å². The van der Waals surface area contributed by atoms with E-state index < -0.39 is 16.4 Å². The first-order chi connectivity index (χ1) is 11.5. The second-order valence-corrected chi connectivity index (χ2v) is 5.50. The van der Waals surface area contributed by atoms with E-state index in [-0.39, 0.29) is 10.6 Å². The van der Waals surface area contributed by atoms with Crippen molar-refractivity contribution in [1.29, 1.82) is 0 Å². The van der Waals surface area contributed by atoms with E-state index in [9.17, 15) is 15.2 Å². The van der Waals surface area contributed by atoms with E-state index in [2.05, 4.69) is 4.99 Å². The summed E-state index contributed by atoms with van der Waals surface area (Å²) in [5.74, 6) is 0.749. The van der Waals surface area contributed by atoms with Crippen LogP contribution >= 0.6 is 11.6 Å². The maximum atomic E-state index is 10.9. The van der Waals surface area contributed by atoms with Crippen LogP contribution in [0.5, 0.6) is 17.2 Å². The molecule has 0 atom stereocenters. The number of ether oxygens (including phenoxy) is 2. The Morgan fingerprint density at radius 1 is 1.21 bits per heavy atom. The van der Waals surface area contributed by atoms with Crippen LogP contribution in [0.1, 0.15) is 12.0 Å². The van der Waals surface area contributed by atoms with Crippen molar-refractivity contribution in [3.63, 3.8) is 0 Å². The number of hydrogen-bond acceptors (Lipinski definition) is 6. The molecule has 1 N–H and O–H groups in total. The quantitative estimate of drug-likeness (QED) is 0.516. The van der Waals surface area contributed by atoms with Crippen LogP contribution in [0.3, 0.4) is 0 Å². The van der Waals surface area contributed by atoms with Gasteiger partial charge in [0, 0.05) is 35.4 Å². The Kier molecular flexibility index (Phi) is 4.52. The van der Waals surface area contributed by atoms with Gasteiger partial charge in [0.1, 0.15) is 0 Å². The molecule has 8 heteroatoms. The topological polar surface area (TPSA) is 94.2 Å². The number of rotatable bonds is 3. The van der Waals surface area contributed by atoms with Crippen LogP contribution in [0.4, 0.5) is 11.4 Å². The molecule has 1 aliphatic rings. The Morgan fingerprint density at radius 3 is 2.71 bits per heavy atom. The van der Waals surface area contributed by atoms with E-state index in [1.54, 1.807) is 18.2 Å². The van der Waals surface area contributed by atoms with Crippen molar-refractivity contribution in [3.05, 3.63) is 51.0 Å². The van der Waals surface area contributed by atoms with Gasteiger partial charge < -0.3 is 14.6 Å². The summed E-state index contributed by atoms with van der Waals surface area (Å²) < 4.78 is 11.1. The molecule has 0 saturated carbocycles. The lowest BCUT2D eigenvalue weighted by Gasteiger charge is -2.07. The number of nitro benzene ring substituents is 1. The SMILES string of the molecule is O=[N+]([O-])c1cc(Cl)cc(C=Nc2ccc3c(c2)OCCCO3)c1O. The highest BCUT2D eigenvalue weighted by Crippen LogP contribution is 2.35. The largest absolute Gasteiger partial charge is 0.502 e. The van der Waals surface area contributed by atoms with Crippen molar-refractivity contribution in [2.24, 2.45) is 4.99 Å². The highest BCUT2D eigenvalue weighted by atomic mass is 35.5. The molecule has 0 aromatic heterocycles. The van der Waals surface area contributed by atoms with Crippen molar-refractivity contribution in [2.45, 2.75) is 6.42 Å². The van der Waals surface area contributed by atoms with Gasteiger partial charge >= 0.3 is 5.69 Å². The van der Waals surface area contributed by atoms with Crippen LogP contribution in [-0.2, 0) is 0 Å². The van der Waals surface area contributed by atoms with Gasteiger partial charge in [0.25, 0.3) is 0 Å². The zero-order valence-electron chi connectivity index (χ0n) is 12.4. The first-order valence-electron chi connectivity index (χ1n) is 7.15. The number of nitrogens with zero attached hydrogens (tertiary/aromatic N) is 2. The lowest BCUT2D eigenvalue weighted by molar-refractivity contribution is -0.385. The fourth-order valence-electron chi connectivity index (χ4n) is 2.22. The average molecular weight is 349 g/mol. The van der Waals surface area contributed by atoms with Gasteiger partial charge in [-0.15, -0.1) is 0 Å². The highest BCUT2D eigenvalue weighted by Gasteiger charge is 2.18. The van der Waals surface area contributed by atoms with Gasteiger partial charge in [-0.3, -0.25) is 15.1 Å². The van der Waals surface area contributed by atoms with Gasteiger partial charge in [-0.1, -0.05) is 11.6 Å². The number of aliphatic imine (C=N–C) groups is 1. The van der Waals surface area contributed by atoms with Gasteiger partial charge in [-0.05, 0) is 18.2 Å². The molecule has 0 amide bonds. The number of phenols is 1. The number of nitro groups is 1. The van der Waals surface area contributed by atoms with E-state index in [1.165, 1.54) is 12.3 Å². The molecule has 0 spiro atoms. The predicted molar refractivity (Wildman–Crippen MR) is 89.1 cm³/mol. The Morgan fingerprint density at radius 2 is 1.96 bits per heavy atom. The van der Waals surface area contributed by atoms with Gasteiger partial charge in [0.2, 0.25) is 5.75 Å².